The molecule has 0 unspecified atom stereocenters. The number of nitrogens with zero attached hydrogens (tertiary/aromatic N) is 1. The van der Waals surface area contributed by atoms with Crippen molar-refractivity contribution in [3.05, 3.63) is 29.1 Å². The summed E-state index contributed by atoms with van der Waals surface area (Å²) in [6, 6.07) is -4.74. The fraction of sp³-hybridized carbons (Fsp3) is 0.143. The Balaban J connectivity index is 2.87. The Hall–Kier alpha value is -1.47. The average Bonchev–Trinajstić information content (AvgIpc) is 2.49. The summed E-state index contributed by atoms with van der Waals surface area (Å²) in [5, 5.41) is 0. The zero-order chi connectivity index (χ0) is 11.5. The van der Waals surface area contributed by atoms with Crippen LogP contribution >= 0.6 is 0 Å². The van der Waals surface area contributed by atoms with Gasteiger partial charge in [0.1, 0.15) is 5.69 Å². The Bertz CT molecular complexity index is 484. The van der Waals surface area contributed by atoms with Crippen molar-refractivity contribution in [2.24, 2.45) is 0 Å². The maximum atomic E-state index is 12.8. The first-order chi connectivity index (χ1) is 6.80. The number of hydrogen-bond donors (Lipinski definition) is 0. The van der Waals surface area contributed by atoms with Gasteiger partial charge >= 0.3 is 6.05 Å². The van der Waals surface area contributed by atoms with E-state index >= 15 is 0 Å². The van der Waals surface area contributed by atoms with Crippen LogP contribution in [0.3, 0.4) is 0 Å². The molecule has 0 bridgehead atoms. The van der Waals surface area contributed by atoms with Crippen molar-refractivity contribution in [1.82, 2.24) is 4.57 Å². The molecule has 1 aliphatic heterocycles. The number of allylic oxidation sites excluding steroid dienone is 1. The van der Waals surface area contributed by atoms with Crippen LogP contribution < -0.4 is 0 Å². The third kappa shape index (κ3) is 0.936. The molecule has 0 spiro atoms. The SMILES string of the molecule is FC1=C(F)C(F)(F)n2c(F)c(F)c(F)c21. The van der Waals surface area contributed by atoms with Gasteiger partial charge in [0, 0.05) is 0 Å². The van der Waals surface area contributed by atoms with Crippen LogP contribution in [-0.2, 0) is 6.05 Å². The van der Waals surface area contributed by atoms with Crippen LogP contribution in [-0.4, -0.2) is 4.57 Å². The lowest BCUT2D eigenvalue weighted by molar-refractivity contribution is -0.0636. The Labute approximate surface area is 77.4 Å². The molecule has 0 atom stereocenters. The Morgan fingerprint density at radius 3 is 1.87 bits per heavy atom. The summed E-state index contributed by atoms with van der Waals surface area (Å²) in [4.78, 5) is 0. The van der Waals surface area contributed by atoms with Crippen LogP contribution in [0.1, 0.15) is 5.69 Å². The first-order valence-corrected chi connectivity index (χ1v) is 3.49. The first-order valence-electron chi connectivity index (χ1n) is 3.49. The van der Waals surface area contributed by atoms with E-state index in [4.69, 9.17) is 0 Å². The standard InChI is InChI=1S/C7F7N/c8-1-2(9)6(12)15-4(1)3(10)5(11)7(15,13)14. The molecule has 0 amide bonds. The monoisotopic (exact) mass is 231 g/mol. The fourth-order valence-electron chi connectivity index (χ4n) is 1.28. The van der Waals surface area contributed by atoms with Crippen LogP contribution in [0.25, 0.3) is 5.83 Å². The maximum absolute atomic E-state index is 12.8. The molecule has 1 aromatic rings. The molecule has 0 saturated heterocycles. The summed E-state index contributed by atoms with van der Waals surface area (Å²) < 4.78 is 87.5. The molecule has 2 rings (SSSR count). The summed E-state index contributed by atoms with van der Waals surface area (Å²) in [6.45, 7) is 0. The van der Waals surface area contributed by atoms with Gasteiger partial charge in [-0.2, -0.15) is 22.0 Å². The highest BCUT2D eigenvalue weighted by atomic mass is 19.3. The second-order valence-electron chi connectivity index (χ2n) is 2.77. The molecule has 1 aliphatic rings. The van der Waals surface area contributed by atoms with E-state index in [2.05, 4.69) is 0 Å². The zero-order valence-electron chi connectivity index (χ0n) is 6.59. The molecule has 0 aliphatic carbocycles. The molecule has 82 valence electrons. The lowest BCUT2D eigenvalue weighted by Crippen LogP contribution is -2.22. The van der Waals surface area contributed by atoms with Gasteiger partial charge in [0.05, 0.1) is 0 Å². The summed E-state index contributed by atoms with van der Waals surface area (Å²) in [5.74, 6) is -11.8. The van der Waals surface area contributed by atoms with Crippen LogP contribution in [0.5, 0.6) is 0 Å². The average molecular weight is 231 g/mol. The number of hydrogen-bond acceptors (Lipinski definition) is 0. The molecule has 1 aromatic heterocycles. The molecule has 1 nitrogen and oxygen atoms in total. The third-order valence-corrected chi connectivity index (χ3v) is 1.95. The molecule has 0 saturated carbocycles. The second-order valence-corrected chi connectivity index (χ2v) is 2.77. The van der Waals surface area contributed by atoms with Gasteiger partial charge in [-0.3, -0.25) is 0 Å². The molecule has 0 aromatic carbocycles. The quantitative estimate of drug-likeness (QED) is 0.604. The van der Waals surface area contributed by atoms with Crippen molar-refractivity contribution in [3.8, 4) is 0 Å². The van der Waals surface area contributed by atoms with E-state index in [1.807, 2.05) is 0 Å². The molecule has 0 radical (unpaired) electrons. The summed E-state index contributed by atoms with van der Waals surface area (Å²) >= 11 is 0. The highest BCUT2D eigenvalue weighted by Gasteiger charge is 2.53. The van der Waals surface area contributed by atoms with E-state index in [9.17, 15) is 30.7 Å². The van der Waals surface area contributed by atoms with E-state index in [1.54, 1.807) is 0 Å². The van der Waals surface area contributed by atoms with Crippen LogP contribution in [0.2, 0.25) is 0 Å². The van der Waals surface area contributed by atoms with Gasteiger partial charge in [0.25, 0.3) is 0 Å². The van der Waals surface area contributed by atoms with Crippen molar-refractivity contribution in [2.45, 2.75) is 6.05 Å². The molecule has 15 heavy (non-hydrogen) atoms. The van der Waals surface area contributed by atoms with Crippen molar-refractivity contribution < 1.29 is 30.7 Å². The van der Waals surface area contributed by atoms with Crippen molar-refractivity contribution in [2.75, 3.05) is 0 Å². The maximum Gasteiger partial charge on any atom is 0.387 e. The number of halogens is 7. The van der Waals surface area contributed by atoms with Crippen LogP contribution in [0, 0.1) is 17.6 Å². The van der Waals surface area contributed by atoms with Crippen molar-refractivity contribution in [3.63, 3.8) is 0 Å². The van der Waals surface area contributed by atoms with Gasteiger partial charge < -0.3 is 0 Å². The van der Waals surface area contributed by atoms with Crippen molar-refractivity contribution >= 4 is 5.83 Å². The molecule has 8 heteroatoms. The van der Waals surface area contributed by atoms with E-state index in [0.717, 1.165) is 0 Å². The van der Waals surface area contributed by atoms with E-state index in [1.165, 1.54) is 0 Å². The minimum atomic E-state index is -4.74. The topological polar surface area (TPSA) is 4.93 Å². The van der Waals surface area contributed by atoms with Crippen LogP contribution in [0.15, 0.2) is 5.83 Å². The normalized spacial score (nSPS) is 18.6. The number of rotatable bonds is 0. The molecular formula is C7F7N. The van der Waals surface area contributed by atoms with Gasteiger partial charge in [-0.05, 0) is 0 Å². The van der Waals surface area contributed by atoms with Gasteiger partial charge in [0.15, 0.2) is 11.6 Å². The summed E-state index contributed by atoms with van der Waals surface area (Å²) in [6.07, 6.45) is 0. The smallest absolute Gasteiger partial charge is 0.243 e. The Morgan fingerprint density at radius 1 is 0.867 bits per heavy atom. The predicted octanol–water partition coefficient (Wildman–Crippen LogP) is 3.08. The van der Waals surface area contributed by atoms with Crippen molar-refractivity contribution in [1.29, 1.82) is 0 Å². The molecule has 2 heterocycles. The minimum absolute atomic E-state index is 0.998. The lowest BCUT2D eigenvalue weighted by atomic mass is 10.3. The van der Waals surface area contributed by atoms with E-state index in [0.29, 0.717) is 0 Å². The van der Waals surface area contributed by atoms with Gasteiger partial charge in [-0.25, -0.2) is 13.3 Å². The fourth-order valence-corrected chi connectivity index (χ4v) is 1.28. The predicted molar refractivity (Wildman–Crippen MR) is 33.6 cm³/mol. The highest BCUT2D eigenvalue weighted by molar-refractivity contribution is 5.64. The summed E-state index contributed by atoms with van der Waals surface area (Å²) in [5.41, 5.74) is -1.76. The van der Waals surface area contributed by atoms with Gasteiger partial charge in [0.2, 0.25) is 17.6 Å². The second kappa shape index (κ2) is 2.56. The molecule has 0 N–H and O–H groups in total. The van der Waals surface area contributed by atoms with E-state index in [-0.39, 0.29) is 0 Å². The van der Waals surface area contributed by atoms with Gasteiger partial charge in [-0.15, -0.1) is 0 Å². The highest BCUT2D eigenvalue weighted by Crippen LogP contribution is 2.47. The molecule has 0 fully saturated rings. The van der Waals surface area contributed by atoms with Gasteiger partial charge in [-0.1, -0.05) is 0 Å². The number of alkyl halides is 2. The number of aromatic nitrogens is 1. The number of fused-ring (bicyclic) bond motifs is 1. The zero-order valence-corrected chi connectivity index (χ0v) is 6.59. The Kier molecular flexibility index (Phi) is 1.71. The van der Waals surface area contributed by atoms with E-state index < -0.39 is 45.5 Å². The minimum Gasteiger partial charge on any atom is -0.243 e. The van der Waals surface area contributed by atoms with Crippen LogP contribution in [0.4, 0.5) is 30.7 Å². The first kappa shape index (κ1) is 10.1. The summed E-state index contributed by atoms with van der Waals surface area (Å²) in [7, 11) is 0. The largest absolute Gasteiger partial charge is 0.387 e. The molecular weight excluding hydrogens is 231 g/mol. The third-order valence-electron chi connectivity index (χ3n) is 1.95. The lowest BCUT2D eigenvalue weighted by Gasteiger charge is -2.11. The Morgan fingerprint density at radius 2 is 1.40 bits per heavy atom.